The number of aromatic nitrogens is 2. The molecule has 37 heavy (non-hydrogen) atoms. The quantitative estimate of drug-likeness (QED) is 0.286. The van der Waals surface area contributed by atoms with Crippen LogP contribution in [0.1, 0.15) is 29.0 Å². The fourth-order valence-electron chi connectivity index (χ4n) is 4.62. The van der Waals surface area contributed by atoms with E-state index in [0.29, 0.717) is 41.7 Å². The number of hydrogen-bond acceptors (Lipinski definition) is 7. The van der Waals surface area contributed by atoms with Gasteiger partial charge in [0, 0.05) is 29.8 Å². The van der Waals surface area contributed by atoms with Crippen molar-refractivity contribution in [3.05, 3.63) is 90.6 Å². The minimum absolute atomic E-state index is 0.169. The Labute approximate surface area is 213 Å². The maximum Gasteiger partial charge on any atom is 0.251 e. The highest BCUT2D eigenvalue weighted by Crippen LogP contribution is 2.42. The molecule has 1 atom stereocenters. The highest BCUT2D eigenvalue weighted by molar-refractivity contribution is 6.06. The molecule has 4 heterocycles. The van der Waals surface area contributed by atoms with Gasteiger partial charge in [-0.25, -0.2) is 9.97 Å². The van der Waals surface area contributed by atoms with Crippen molar-refractivity contribution in [1.29, 1.82) is 0 Å². The number of rotatable bonds is 8. The fourth-order valence-corrected chi connectivity index (χ4v) is 4.62. The molecule has 5 aromatic rings. The topological polar surface area (TPSA) is 102 Å². The second-order valence-electron chi connectivity index (χ2n) is 8.93. The third-order valence-electron chi connectivity index (χ3n) is 6.48. The van der Waals surface area contributed by atoms with Crippen LogP contribution in [-0.4, -0.2) is 35.1 Å². The Kier molecular flexibility index (Phi) is 6.39. The number of nitrogens with one attached hydrogen (secondary N) is 2. The van der Waals surface area contributed by atoms with E-state index in [2.05, 4.69) is 20.6 Å². The number of carbonyl (C=O) groups excluding carboxylic acids is 1. The summed E-state index contributed by atoms with van der Waals surface area (Å²) in [5, 5.41) is 7.15. The number of anilines is 1. The van der Waals surface area contributed by atoms with E-state index < -0.39 is 0 Å². The van der Waals surface area contributed by atoms with Gasteiger partial charge in [0.1, 0.15) is 23.7 Å². The molecule has 3 aromatic heterocycles. The van der Waals surface area contributed by atoms with Gasteiger partial charge < -0.3 is 24.2 Å². The lowest BCUT2D eigenvalue weighted by Gasteiger charge is -2.12. The molecule has 1 unspecified atom stereocenters. The Bertz CT molecular complexity index is 1490. The van der Waals surface area contributed by atoms with Crippen molar-refractivity contribution in [3.63, 3.8) is 0 Å². The Morgan fingerprint density at radius 1 is 0.973 bits per heavy atom. The van der Waals surface area contributed by atoms with Gasteiger partial charge in [-0.05, 0) is 42.7 Å². The third-order valence-corrected chi connectivity index (χ3v) is 6.48. The van der Waals surface area contributed by atoms with Crippen LogP contribution in [0.4, 0.5) is 5.82 Å². The van der Waals surface area contributed by atoms with E-state index >= 15 is 0 Å². The summed E-state index contributed by atoms with van der Waals surface area (Å²) in [5.41, 5.74) is 3.78. The molecule has 6 rings (SSSR count). The van der Waals surface area contributed by atoms with Gasteiger partial charge in [-0.15, -0.1) is 0 Å². The van der Waals surface area contributed by atoms with Crippen molar-refractivity contribution in [2.75, 3.05) is 18.5 Å². The Morgan fingerprint density at radius 3 is 2.59 bits per heavy atom. The lowest BCUT2D eigenvalue weighted by Crippen LogP contribution is -2.22. The molecular formula is C29H26N4O4. The van der Waals surface area contributed by atoms with Crippen LogP contribution in [0.3, 0.4) is 0 Å². The maximum absolute atomic E-state index is 12.6. The van der Waals surface area contributed by atoms with Crippen LogP contribution in [0.15, 0.2) is 88.2 Å². The highest BCUT2D eigenvalue weighted by atomic mass is 16.5. The molecule has 0 bridgehead atoms. The van der Waals surface area contributed by atoms with Crippen LogP contribution < -0.4 is 10.6 Å². The van der Waals surface area contributed by atoms with Crippen LogP contribution in [-0.2, 0) is 11.3 Å². The Hall–Kier alpha value is -4.43. The number of fused-ring (bicyclic) bond motifs is 1. The summed E-state index contributed by atoms with van der Waals surface area (Å²) in [7, 11) is 0. The summed E-state index contributed by atoms with van der Waals surface area (Å²) in [5.74, 6) is 1.90. The monoisotopic (exact) mass is 494 g/mol. The molecule has 1 fully saturated rings. The van der Waals surface area contributed by atoms with E-state index in [-0.39, 0.29) is 12.0 Å². The summed E-state index contributed by atoms with van der Waals surface area (Å²) in [6.07, 6.45) is 5.37. The average molecular weight is 495 g/mol. The third kappa shape index (κ3) is 4.83. The Balaban J connectivity index is 1.34. The fraction of sp³-hybridized carbons (Fsp3) is 0.207. The first-order chi connectivity index (χ1) is 18.3. The summed E-state index contributed by atoms with van der Waals surface area (Å²) in [6, 6.07) is 21.0. The van der Waals surface area contributed by atoms with Gasteiger partial charge in [-0.1, -0.05) is 42.5 Å². The molecule has 2 N–H and O–H groups in total. The predicted octanol–water partition coefficient (Wildman–Crippen LogP) is 5.67. The number of nitrogens with zero attached hydrogens (tertiary/aromatic N) is 2. The normalized spacial score (nSPS) is 15.2. The van der Waals surface area contributed by atoms with Crippen molar-refractivity contribution in [2.45, 2.75) is 25.5 Å². The first-order valence-corrected chi connectivity index (χ1v) is 12.4. The molecule has 1 amide bonds. The summed E-state index contributed by atoms with van der Waals surface area (Å²) < 4.78 is 17.4. The van der Waals surface area contributed by atoms with Crippen molar-refractivity contribution in [2.24, 2.45) is 0 Å². The Morgan fingerprint density at radius 2 is 1.84 bits per heavy atom. The molecular weight excluding hydrogens is 468 g/mol. The van der Waals surface area contributed by atoms with Crippen molar-refractivity contribution < 1.29 is 18.4 Å². The van der Waals surface area contributed by atoms with Crippen molar-refractivity contribution in [3.8, 4) is 22.5 Å². The van der Waals surface area contributed by atoms with Gasteiger partial charge >= 0.3 is 0 Å². The largest absolute Gasteiger partial charge is 0.467 e. The minimum atomic E-state index is -0.178. The molecule has 1 saturated heterocycles. The summed E-state index contributed by atoms with van der Waals surface area (Å²) in [6.45, 7) is 1.80. The molecule has 8 heteroatoms. The average Bonchev–Trinajstić information content (AvgIpc) is 3.72. The molecule has 1 aliphatic heterocycles. The van der Waals surface area contributed by atoms with Gasteiger partial charge in [0.05, 0.1) is 24.3 Å². The van der Waals surface area contributed by atoms with E-state index in [1.54, 1.807) is 24.5 Å². The number of hydrogen-bond donors (Lipinski definition) is 2. The van der Waals surface area contributed by atoms with Gasteiger partial charge in [0.25, 0.3) is 5.91 Å². The van der Waals surface area contributed by atoms with E-state index in [0.717, 1.165) is 41.5 Å². The van der Waals surface area contributed by atoms with E-state index in [1.165, 1.54) is 6.33 Å². The van der Waals surface area contributed by atoms with Crippen molar-refractivity contribution in [1.82, 2.24) is 15.3 Å². The lowest BCUT2D eigenvalue weighted by atomic mass is 9.98. The van der Waals surface area contributed by atoms with E-state index in [1.807, 2.05) is 48.5 Å². The van der Waals surface area contributed by atoms with Gasteiger partial charge in [0.15, 0.2) is 0 Å². The summed E-state index contributed by atoms with van der Waals surface area (Å²) >= 11 is 0. The molecule has 1 aliphatic rings. The van der Waals surface area contributed by atoms with E-state index in [9.17, 15) is 4.79 Å². The minimum Gasteiger partial charge on any atom is -0.467 e. The number of furan rings is 2. The molecule has 2 aromatic carbocycles. The maximum atomic E-state index is 12.6. The van der Waals surface area contributed by atoms with Crippen LogP contribution in [0, 0.1) is 0 Å². The van der Waals surface area contributed by atoms with Gasteiger partial charge in [-0.3, -0.25) is 4.79 Å². The number of carbonyl (C=O) groups is 1. The smallest absolute Gasteiger partial charge is 0.251 e. The van der Waals surface area contributed by atoms with Gasteiger partial charge in [-0.2, -0.15) is 0 Å². The van der Waals surface area contributed by atoms with Crippen LogP contribution >= 0.6 is 0 Å². The standard InChI is InChI=1S/C29H26N4O4/c34-28(31-17-23-9-5-15-36-23)21-12-10-20(11-13-21)26-24(19-6-2-1-3-7-19)25-27(32-18-33-29(25)37-26)30-16-22-8-4-14-35-22/h1-3,5-7,9-13,15,18,22H,4,8,14,16-17H2,(H,31,34)(H,30,32,33). The molecule has 0 saturated carbocycles. The zero-order valence-electron chi connectivity index (χ0n) is 20.1. The van der Waals surface area contributed by atoms with Crippen molar-refractivity contribution >= 4 is 22.8 Å². The van der Waals surface area contributed by atoms with Crippen LogP contribution in [0.2, 0.25) is 0 Å². The molecule has 186 valence electrons. The zero-order chi connectivity index (χ0) is 25.0. The second kappa shape index (κ2) is 10.3. The first kappa shape index (κ1) is 23.0. The molecule has 0 radical (unpaired) electrons. The predicted molar refractivity (Wildman–Crippen MR) is 140 cm³/mol. The van der Waals surface area contributed by atoms with Crippen LogP contribution in [0.25, 0.3) is 33.6 Å². The first-order valence-electron chi connectivity index (χ1n) is 12.4. The number of benzene rings is 2. The highest BCUT2D eigenvalue weighted by Gasteiger charge is 2.23. The van der Waals surface area contributed by atoms with Gasteiger partial charge in [0.2, 0.25) is 5.71 Å². The zero-order valence-corrected chi connectivity index (χ0v) is 20.1. The molecule has 0 aliphatic carbocycles. The number of amides is 1. The van der Waals surface area contributed by atoms with E-state index in [4.69, 9.17) is 13.6 Å². The second-order valence-corrected chi connectivity index (χ2v) is 8.93. The lowest BCUT2D eigenvalue weighted by molar-refractivity contribution is 0.0948. The van der Waals surface area contributed by atoms with Crippen LogP contribution in [0.5, 0.6) is 0 Å². The molecule has 8 nitrogen and oxygen atoms in total. The SMILES string of the molecule is O=C(NCc1ccco1)c1ccc(-c2oc3ncnc(NCC4CCCO4)c3c2-c2ccccc2)cc1. The molecule has 0 spiro atoms. The number of ether oxygens (including phenoxy) is 1. The summed E-state index contributed by atoms with van der Waals surface area (Å²) in [4.78, 5) is 21.6.